The summed E-state index contributed by atoms with van der Waals surface area (Å²) in [6.45, 7) is -0.00903. The number of amides is 2. The summed E-state index contributed by atoms with van der Waals surface area (Å²) in [4.78, 5) is 31.0. The fourth-order valence-electron chi connectivity index (χ4n) is 4.05. The standard InChI is InChI=1S/C26H27N3O6/c1-33-22-10-7-19(12-23(22)34-2)26(32)28-20-8-5-18(6-9-20)25-21(15-30)29(24(31)16-35-25)14-17-4-3-11-27-13-17/h3-13,21,25,30H,14-16H2,1-2H3,(H,28,32)/t21-,25-/m1/s1. The van der Waals surface area contributed by atoms with Crippen LogP contribution in [0.2, 0.25) is 0 Å². The number of nitrogens with one attached hydrogen (secondary N) is 1. The maximum Gasteiger partial charge on any atom is 0.255 e. The van der Waals surface area contributed by atoms with E-state index in [2.05, 4.69) is 10.3 Å². The Labute approximate surface area is 203 Å². The zero-order chi connectivity index (χ0) is 24.8. The van der Waals surface area contributed by atoms with Gasteiger partial charge in [-0.1, -0.05) is 18.2 Å². The SMILES string of the molecule is COc1ccc(C(=O)Nc2ccc([C@H]3OCC(=O)N(Cc4cccnc4)[C@@H]3CO)cc2)cc1OC. The first-order valence-corrected chi connectivity index (χ1v) is 11.1. The maximum atomic E-state index is 12.7. The van der Waals surface area contributed by atoms with Crippen molar-refractivity contribution in [1.29, 1.82) is 0 Å². The van der Waals surface area contributed by atoms with Crippen molar-refractivity contribution in [3.05, 3.63) is 83.7 Å². The zero-order valence-electron chi connectivity index (χ0n) is 19.5. The highest BCUT2D eigenvalue weighted by molar-refractivity contribution is 6.04. The van der Waals surface area contributed by atoms with Gasteiger partial charge in [-0.15, -0.1) is 0 Å². The van der Waals surface area contributed by atoms with Gasteiger partial charge >= 0.3 is 0 Å². The zero-order valence-corrected chi connectivity index (χ0v) is 19.5. The van der Waals surface area contributed by atoms with Gasteiger partial charge in [0, 0.05) is 30.2 Å². The Bertz CT molecular complexity index is 1170. The quantitative estimate of drug-likeness (QED) is 0.513. The molecule has 0 saturated carbocycles. The average molecular weight is 478 g/mol. The molecule has 2 aromatic carbocycles. The first-order chi connectivity index (χ1) is 17.0. The van der Waals surface area contributed by atoms with E-state index < -0.39 is 12.1 Å². The van der Waals surface area contributed by atoms with E-state index >= 15 is 0 Å². The molecule has 0 radical (unpaired) electrons. The molecular formula is C26H27N3O6. The number of anilines is 1. The van der Waals surface area contributed by atoms with Gasteiger partial charge in [-0.3, -0.25) is 14.6 Å². The predicted molar refractivity (Wildman–Crippen MR) is 128 cm³/mol. The van der Waals surface area contributed by atoms with Gasteiger partial charge in [-0.05, 0) is 47.5 Å². The van der Waals surface area contributed by atoms with Crippen LogP contribution in [0.25, 0.3) is 0 Å². The summed E-state index contributed by atoms with van der Waals surface area (Å²) >= 11 is 0. The van der Waals surface area contributed by atoms with Crippen molar-refractivity contribution >= 4 is 17.5 Å². The second-order valence-electron chi connectivity index (χ2n) is 8.01. The van der Waals surface area contributed by atoms with Crippen molar-refractivity contribution in [2.45, 2.75) is 18.7 Å². The van der Waals surface area contributed by atoms with Crippen LogP contribution in [-0.4, -0.2) is 60.3 Å². The monoisotopic (exact) mass is 477 g/mol. The lowest BCUT2D eigenvalue weighted by Gasteiger charge is -2.40. The number of benzene rings is 2. The van der Waals surface area contributed by atoms with E-state index in [4.69, 9.17) is 14.2 Å². The second kappa shape index (κ2) is 11.0. The molecule has 1 aromatic heterocycles. The third kappa shape index (κ3) is 5.42. The number of hydrogen-bond acceptors (Lipinski definition) is 7. The van der Waals surface area contributed by atoms with Crippen LogP contribution < -0.4 is 14.8 Å². The van der Waals surface area contributed by atoms with Crippen LogP contribution in [0.3, 0.4) is 0 Å². The molecule has 0 unspecified atom stereocenters. The largest absolute Gasteiger partial charge is 0.493 e. The summed E-state index contributed by atoms with van der Waals surface area (Å²) in [5.74, 6) is 0.512. The average Bonchev–Trinajstić information content (AvgIpc) is 2.90. The molecule has 1 saturated heterocycles. The van der Waals surface area contributed by atoms with Crippen LogP contribution in [0.15, 0.2) is 67.0 Å². The molecule has 9 heteroatoms. The molecule has 35 heavy (non-hydrogen) atoms. The molecule has 2 atom stereocenters. The normalized spacial score (nSPS) is 17.7. The lowest BCUT2D eigenvalue weighted by atomic mass is 9.98. The summed E-state index contributed by atoms with van der Waals surface area (Å²) in [6.07, 6.45) is 2.86. The van der Waals surface area contributed by atoms with Crippen molar-refractivity contribution in [1.82, 2.24) is 9.88 Å². The molecule has 1 aliphatic rings. The van der Waals surface area contributed by atoms with Crippen LogP contribution in [0.1, 0.15) is 27.6 Å². The van der Waals surface area contributed by atoms with Gasteiger partial charge in [-0.2, -0.15) is 0 Å². The van der Waals surface area contributed by atoms with Gasteiger partial charge in [0.2, 0.25) is 5.91 Å². The molecule has 1 aliphatic heterocycles. The van der Waals surface area contributed by atoms with Crippen molar-refractivity contribution in [3.8, 4) is 11.5 Å². The number of carbonyl (C=O) groups excluding carboxylic acids is 2. The lowest BCUT2D eigenvalue weighted by Crippen LogP contribution is -2.52. The molecule has 2 heterocycles. The summed E-state index contributed by atoms with van der Waals surface area (Å²) < 4.78 is 16.3. The van der Waals surface area contributed by atoms with Crippen LogP contribution in [0.4, 0.5) is 5.69 Å². The maximum absolute atomic E-state index is 12.7. The molecule has 4 rings (SSSR count). The molecule has 9 nitrogen and oxygen atoms in total. The molecule has 0 spiro atoms. The van der Waals surface area contributed by atoms with E-state index in [-0.39, 0.29) is 25.0 Å². The number of carbonyl (C=O) groups is 2. The molecular weight excluding hydrogens is 450 g/mol. The minimum Gasteiger partial charge on any atom is -0.493 e. The molecule has 0 bridgehead atoms. The molecule has 2 amide bonds. The Morgan fingerprint density at radius 1 is 1.14 bits per heavy atom. The lowest BCUT2D eigenvalue weighted by molar-refractivity contribution is -0.162. The summed E-state index contributed by atoms with van der Waals surface area (Å²) in [7, 11) is 3.04. The first kappa shape index (κ1) is 24.2. The number of aliphatic hydroxyl groups is 1. The van der Waals surface area contributed by atoms with Gasteiger partial charge in [0.05, 0.1) is 26.9 Å². The van der Waals surface area contributed by atoms with Crippen molar-refractivity contribution in [2.24, 2.45) is 0 Å². The number of morpholine rings is 1. The predicted octanol–water partition coefficient (Wildman–Crippen LogP) is 2.81. The Hall–Kier alpha value is -3.95. The van der Waals surface area contributed by atoms with E-state index in [9.17, 15) is 14.7 Å². The molecule has 3 aromatic rings. The van der Waals surface area contributed by atoms with Crippen LogP contribution >= 0.6 is 0 Å². The molecule has 0 aliphatic carbocycles. The number of ether oxygens (including phenoxy) is 3. The van der Waals surface area contributed by atoms with Crippen molar-refractivity contribution in [2.75, 3.05) is 32.8 Å². The van der Waals surface area contributed by atoms with E-state index in [0.29, 0.717) is 29.3 Å². The topological polar surface area (TPSA) is 110 Å². The summed E-state index contributed by atoms with van der Waals surface area (Å²) in [6, 6.07) is 15.2. The van der Waals surface area contributed by atoms with Gasteiger partial charge in [0.1, 0.15) is 12.7 Å². The molecule has 182 valence electrons. The molecule has 1 fully saturated rings. The summed E-state index contributed by atoms with van der Waals surface area (Å²) in [5, 5.41) is 13.0. The Balaban J connectivity index is 1.47. The van der Waals surface area contributed by atoms with Gasteiger partial charge in [0.25, 0.3) is 5.91 Å². The fourth-order valence-corrected chi connectivity index (χ4v) is 4.05. The highest BCUT2D eigenvalue weighted by atomic mass is 16.5. The van der Waals surface area contributed by atoms with E-state index in [0.717, 1.165) is 11.1 Å². The van der Waals surface area contributed by atoms with Crippen molar-refractivity contribution < 1.29 is 28.9 Å². The number of aliphatic hydroxyl groups excluding tert-OH is 1. The van der Waals surface area contributed by atoms with E-state index in [1.54, 1.807) is 53.7 Å². The third-order valence-electron chi connectivity index (χ3n) is 5.86. The number of aromatic nitrogens is 1. The number of pyridine rings is 1. The van der Waals surface area contributed by atoms with Crippen LogP contribution in [-0.2, 0) is 16.1 Å². The first-order valence-electron chi connectivity index (χ1n) is 11.1. The van der Waals surface area contributed by atoms with Crippen molar-refractivity contribution in [3.63, 3.8) is 0 Å². The number of methoxy groups -OCH3 is 2. The second-order valence-corrected chi connectivity index (χ2v) is 8.01. The van der Waals surface area contributed by atoms with Gasteiger partial charge < -0.3 is 29.5 Å². The third-order valence-corrected chi connectivity index (χ3v) is 5.86. The number of hydrogen-bond donors (Lipinski definition) is 2. The van der Waals surface area contributed by atoms with Gasteiger partial charge in [-0.25, -0.2) is 0 Å². The minimum absolute atomic E-state index is 0.0841. The minimum atomic E-state index is -0.552. The highest BCUT2D eigenvalue weighted by Gasteiger charge is 2.37. The van der Waals surface area contributed by atoms with Gasteiger partial charge in [0.15, 0.2) is 11.5 Å². The smallest absolute Gasteiger partial charge is 0.255 e. The van der Waals surface area contributed by atoms with Crippen LogP contribution in [0, 0.1) is 0 Å². The Kier molecular flexibility index (Phi) is 7.59. The number of nitrogens with zero attached hydrogens (tertiary/aromatic N) is 2. The fraction of sp³-hybridized carbons (Fsp3) is 0.269. The van der Waals surface area contributed by atoms with Crippen LogP contribution in [0.5, 0.6) is 11.5 Å². The molecule has 2 N–H and O–H groups in total. The Morgan fingerprint density at radius 2 is 1.91 bits per heavy atom. The Morgan fingerprint density at radius 3 is 2.57 bits per heavy atom. The highest BCUT2D eigenvalue weighted by Crippen LogP contribution is 2.31. The number of rotatable bonds is 8. The van der Waals surface area contributed by atoms with E-state index in [1.807, 2.05) is 18.2 Å². The van der Waals surface area contributed by atoms with E-state index in [1.165, 1.54) is 14.2 Å². The summed E-state index contributed by atoms with van der Waals surface area (Å²) in [5.41, 5.74) is 2.67.